The molecule has 0 radical (unpaired) electrons. The van der Waals surface area contributed by atoms with Gasteiger partial charge in [-0.05, 0) is 43.7 Å². The first-order valence-corrected chi connectivity index (χ1v) is 8.50. The van der Waals surface area contributed by atoms with E-state index in [-0.39, 0.29) is 24.7 Å². The molecular formula is C18H28N2O3. The number of hydrogen-bond donors (Lipinski definition) is 2. The average molecular weight is 320 g/mol. The second-order valence-corrected chi connectivity index (χ2v) is 6.24. The van der Waals surface area contributed by atoms with Gasteiger partial charge in [0.2, 0.25) is 0 Å². The normalized spacial score (nSPS) is 19.3. The lowest BCUT2D eigenvalue weighted by molar-refractivity contribution is 0.125. The monoisotopic (exact) mass is 320 g/mol. The molecule has 5 heteroatoms. The first-order valence-electron chi connectivity index (χ1n) is 8.50. The van der Waals surface area contributed by atoms with Gasteiger partial charge in [0, 0.05) is 19.7 Å². The molecule has 23 heavy (non-hydrogen) atoms. The van der Waals surface area contributed by atoms with Crippen LogP contribution in [0.5, 0.6) is 5.75 Å². The highest BCUT2D eigenvalue weighted by Gasteiger charge is 2.23. The van der Waals surface area contributed by atoms with Crippen molar-refractivity contribution in [2.75, 3.05) is 26.2 Å². The summed E-state index contributed by atoms with van der Waals surface area (Å²) in [6.07, 6.45) is 2.73. The molecule has 1 fully saturated rings. The third kappa shape index (κ3) is 5.13. The molecule has 1 aliphatic rings. The van der Waals surface area contributed by atoms with E-state index in [0.29, 0.717) is 13.1 Å². The number of hydrogen-bond acceptors (Lipinski definition) is 3. The molecule has 1 heterocycles. The molecule has 0 unspecified atom stereocenters. The molecule has 0 spiro atoms. The van der Waals surface area contributed by atoms with Crippen molar-refractivity contribution in [1.29, 1.82) is 0 Å². The van der Waals surface area contributed by atoms with Gasteiger partial charge in [0.25, 0.3) is 0 Å². The lowest BCUT2D eigenvalue weighted by Crippen LogP contribution is -2.48. The van der Waals surface area contributed by atoms with E-state index in [0.717, 1.165) is 37.1 Å². The first kappa shape index (κ1) is 17.6. The fraction of sp³-hybridized carbons (Fsp3) is 0.611. The summed E-state index contributed by atoms with van der Waals surface area (Å²) in [5.74, 6) is 1.08. The van der Waals surface area contributed by atoms with Gasteiger partial charge in [0.15, 0.2) is 0 Å². The Morgan fingerprint density at radius 3 is 2.96 bits per heavy atom. The summed E-state index contributed by atoms with van der Waals surface area (Å²) in [5.41, 5.74) is 1.10. The SMILES string of the molecule is CC[C@@H](CNC(=O)N1CCC[C@@H](CO)C1)Oc1ccccc1C. The number of benzene rings is 1. The van der Waals surface area contributed by atoms with E-state index < -0.39 is 0 Å². The van der Waals surface area contributed by atoms with Crippen LogP contribution in [0.25, 0.3) is 0 Å². The number of aliphatic hydroxyl groups excluding tert-OH is 1. The maximum atomic E-state index is 12.3. The number of carbonyl (C=O) groups is 1. The summed E-state index contributed by atoms with van der Waals surface area (Å²) >= 11 is 0. The van der Waals surface area contributed by atoms with Crippen LogP contribution in [0.3, 0.4) is 0 Å². The number of nitrogens with one attached hydrogen (secondary N) is 1. The molecule has 1 aromatic carbocycles. The molecule has 0 aromatic heterocycles. The Bertz CT molecular complexity index is 507. The van der Waals surface area contributed by atoms with Crippen molar-refractivity contribution in [2.24, 2.45) is 5.92 Å². The van der Waals surface area contributed by atoms with Gasteiger partial charge in [-0.15, -0.1) is 0 Å². The topological polar surface area (TPSA) is 61.8 Å². The number of para-hydroxylation sites is 1. The van der Waals surface area contributed by atoms with Crippen molar-refractivity contribution in [2.45, 2.75) is 39.2 Å². The van der Waals surface area contributed by atoms with Gasteiger partial charge in [0.05, 0.1) is 6.54 Å². The minimum Gasteiger partial charge on any atom is -0.488 e. The van der Waals surface area contributed by atoms with E-state index >= 15 is 0 Å². The van der Waals surface area contributed by atoms with Gasteiger partial charge < -0.3 is 20.1 Å². The summed E-state index contributed by atoms with van der Waals surface area (Å²) in [7, 11) is 0. The Labute approximate surface area is 138 Å². The first-order chi connectivity index (χ1) is 11.1. The van der Waals surface area contributed by atoms with Crippen molar-refractivity contribution in [3.05, 3.63) is 29.8 Å². The molecule has 1 saturated heterocycles. The zero-order chi connectivity index (χ0) is 16.7. The van der Waals surface area contributed by atoms with Crippen LogP contribution in [0.15, 0.2) is 24.3 Å². The lowest BCUT2D eigenvalue weighted by Gasteiger charge is -2.32. The number of nitrogens with zero attached hydrogens (tertiary/aromatic N) is 1. The molecule has 0 aliphatic carbocycles. The van der Waals surface area contributed by atoms with Crippen LogP contribution in [0.1, 0.15) is 31.7 Å². The Hall–Kier alpha value is -1.75. The number of urea groups is 1. The zero-order valence-electron chi connectivity index (χ0n) is 14.1. The Balaban J connectivity index is 1.83. The number of likely N-dealkylation sites (tertiary alicyclic amines) is 1. The second-order valence-electron chi connectivity index (χ2n) is 6.24. The molecule has 2 rings (SSSR count). The highest BCUT2D eigenvalue weighted by atomic mass is 16.5. The molecule has 2 atom stereocenters. The van der Waals surface area contributed by atoms with E-state index in [4.69, 9.17) is 4.74 Å². The third-order valence-corrected chi connectivity index (χ3v) is 4.39. The van der Waals surface area contributed by atoms with Gasteiger partial charge in [-0.1, -0.05) is 25.1 Å². The third-order valence-electron chi connectivity index (χ3n) is 4.39. The van der Waals surface area contributed by atoms with Crippen LogP contribution < -0.4 is 10.1 Å². The minimum atomic E-state index is -0.0602. The number of ether oxygens (including phenoxy) is 1. The molecule has 5 nitrogen and oxygen atoms in total. The molecule has 2 amide bonds. The van der Waals surface area contributed by atoms with Crippen LogP contribution in [-0.4, -0.2) is 48.4 Å². The molecular weight excluding hydrogens is 292 g/mol. The van der Waals surface area contributed by atoms with Crippen LogP contribution in [0, 0.1) is 12.8 Å². The summed E-state index contributed by atoms with van der Waals surface area (Å²) in [6, 6.07) is 7.85. The van der Waals surface area contributed by atoms with Crippen molar-refractivity contribution >= 4 is 6.03 Å². The fourth-order valence-corrected chi connectivity index (χ4v) is 2.85. The molecule has 1 aromatic rings. The molecule has 1 aliphatic heterocycles. The average Bonchev–Trinajstić information content (AvgIpc) is 2.59. The Kier molecular flexibility index (Phi) is 6.71. The number of carbonyl (C=O) groups excluding carboxylic acids is 1. The highest BCUT2D eigenvalue weighted by molar-refractivity contribution is 5.74. The summed E-state index contributed by atoms with van der Waals surface area (Å²) in [5, 5.41) is 12.2. The Morgan fingerprint density at radius 2 is 2.26 bits per heavy atom. The number of aryl methyl sites for hydroxylation is 1. The second kappa shape index (κ2) is 8.77. The standard InChI is InChI=1S/C18H28N2O3/c1-3-16(23-17-9-5-4-7-14(17)2)11-19-18(22)20-10-6-8-15(12-20)13-21/h4-5,7,9,15-16,21H,3,6,8,10-13H2,1-2H3,(H,19,22)/t15-,16+/m1/s1. The number of aliphatic hydroxyl groups is 1. The van der Waals surface area contributed by atoms with Gasteiger partial charge in [-0.2, -0.15) is 0 Å². The van der Waals surface area contributed by atoms with Crippen LogP contribution in [-0.2, 0) is 0 Å². The number of piperidine rings is 1. The van der Waals surface area contributed by atoms with Crippen LogP contribution >= 0.6 is 0 Å². The predicted molar refractivity (Wildman–Crippen MR) is 90.7 cm³/mol. The minimum absolute atomic E-state index is 0.0431. The maximum Gasteiger partial charge on any atom is 0.317 e. The van der Waals surface area contributed by atoms with Crippen molar-refractivity contribution < 1.29 is 14.6 Å². The molecule has 2 N–H and O–H groups in total. The van der Waals surface area contributed by atoms with Gasteiger partial charge in [0.1, 0.15) is 11.9 Å². The van der Waals surface area contributed by atoms with E-state index in [1.165, 1.54) is 0 Å². The van der Waals surface area contributed by atoms with Gasteiger partial charge in [-0.3, -0.25) is 0 Å². The smallest absolute Gasteiger partial charge is 0.317 e. The molecule has 0 bridgehead atoms. The van der Waals surface area contributed by atoms with Crippen molar-refractivity contribution in [3.8, 4) is 5.75 Å². The lowest BCUT2D eigenvalue weighted by atomic mass is 9.99. The number of rotatable bonds is 6. The van der Waals surface area contributed by atoms with E-state index in [2.05, 4.69) is 12.2 Å². The fourth-order valence-electron chi connectivity index (χ4n) is 2.85. The largest absolute Gasteiger partial charge is 0.488 e. The zero-order valence-corrected chi connectivity index (χ0v) is 14.1. The molecule has 0 saturated carbocycles. The van der Waals surface area contributed by atoms with Crippen molar-refractivity contribution in [1.82, 2.24) is 10.2 Å². The van der Waals surface area contributed by atoms with Gasteiger partial charge in [-0.25, -0.2) is 4.79 Å². The van der Waals surface area contributed by atoms with E-state index in [9.17, 15) is 9.90 Å². The van der Waals surface area contributed by atoms with Gasteiger partial charge >= 0.3 is 6.03 Å². The number of amides is 2. The Morgan fingerprint density at radius 1 is 1.48 bits per heavy atom. The van der Waals surface area contributed by atoms with Crippen molar-refractivity contribution in [3.63, 3.8) is 0 Å². The van der Waals surface area contributed by atoms with E-state index in [1.807, 2.05) is 31.2 Å². The maximum absolute atomic E-state index is 12.3. The summed E-state index contributed by atoms with van der Waals surface area (Å²) < 4.78 is 6.00. The predicted octanol–water partition coefficient (Wildman–Crippen LogP) is 2.57. The van der Waals surface area contributed by atoms with Crippen LogP contribution in [0.4, 0.5) is 4.79 Å². The quantitative estimate of drug-likeness (QED) is 0.847. The molecule has 128 valence electrons. The summed E-state index contributed by atoms with van der Waals surface area (Å²) in [4.78, 5) is 14.1. The summed E-state index contributed by atoms with van der Waals surface area (Å²) in [6.45, 7) is 6.11. The van der Waals surface area contributed by atoms with E-state index in [1.54, 1.807) is 4.90 Å². The highest BCUT2D eigenvalue weighted by Crippen LogP contribution is 2.19. The van der Waals surface area contributed by atoms with Crippen LogP contribution in [0.2, 0.25) is 0 Å².